The molecule has 2 aromatic rings. The van der Waals surface area contributed by atoms with Crippen molar-refractivity contribution in [1.29, 1.82) is 5.26 Å². The Bertz CT molecular complexity index is 744. The van der Waals surface area contributed by atoms with Gasteiger partial charge in [0.25, 0.3) is 0 Å². The van der Waals surface area contributed by atoms with Crippen LogP contribution in [-0.4, -0.2) is 24.0 Å². The van der Waals surface area contributed by atoms with Gasteiger partial charge in [-0.15, -0.1) is 0 Å². The summed E-state index contributed by atoms with van der Waals surface area (Å²) in [6, 6.07) is 11.5. The molecule has 0 atom stereocenters. The number of carbonyl (C=O) groups excluding carboxylic acids is 1. The summed E-state index contributed by atoms with van der Waals surface area (Å²) < 4.78 is 0. The summed E-state index contributed by atoms with van der Waals surface area (Å²) in [6.45, 7) is 1.15. The van der Waals surface area contributed by atoms with Gasteiger partial charge in [0.2, 0.25) is 5.91 Å². The summed E-state index contributed by atoms with van der Waals surface area (Å²) in [6.07, 6.45) is 4.34. The number of carbonyl (C=O) groups is 1. The van der Waals surface area contributed by atoms with Crippen molar-refractivity contribution >= 4 is 22.6 Å². The fourth-order valence-electron chi connectivity index (χ4n) is 3.07. The molecule has 1 aromatic heterocycles. The molecule has 118 valence electrons. The van der Waals surface area contributed by atoms with Gasteiger partial charge in [0.1, 0.15) is 5.82 Å². The highest BCUT2D eigenvalue weighted by Crippen LogP contribution is 2.24. The van der Waals surface area contributed by atoms with Crippen LogP contribution in [0, 0.1) is 17.2 Å². The first-order chi connectivity index (χ1) is 11.3. The van der Waals surface area contributed by atoms with Gasteiger partial charge in [-0.05, 0) is 25.0 Å². The Kier molecular flexibility index (Phi) is 4.72. The third-order valence-electron chi connectivity index (χ3n) is 4.29. The average Bonchev–Trinajstić information content (AvgIpc) is 3.12. The Hall–Kier alpha value is -2.61. The van der Waals surface area contributed by atoms with E-state index in [1.165, 1.54) is 0 Å². The summed E-state index contributed by atoms with van der Waals surface area (Å²) in [5.74, 6) is 1.02. The minimum atomic E-state index is 0.161. The Balaban J connectivity index is 1.57. The van der Waals surface area contributed by atoms with Crippen LogP contribution < -0.4 is 10.6 Å². The van der Waals surface area contributed by atoms with Crippen LogP contribution in [0.1, 0.15) is 31.2 Å². The lowest BCUT2D eigenvalue weighted by molar-refractivity contribution is -0.124. The number of nitrogens with one attached hydrogen (secondary N) is 2. The van der Waals surface area contributed by atoms with Gasteiger partial charge in [0, 0.05) is 24.4 Å². The first kappa shape index (κ1) is 15.3. The van der Waals surface area contributed by atoms with Crippen molar-refractivity contribution in [2.24, 2.45) is 5.92 Å². The van der Waals surface area contributed by atoms with E-state index in [-0.39, 0.29) is 11.8 Å². The number of aromatic nitrogens is 1. The summed E-state index contributed by atoms with van der Waals surface area (Å²) in [5, 5.41) is 16.3. The first-order valence-corrected chi connectivity index (χ1v) is 8.09. The Morgan fingerprint density at radius 3 is 2.83 bits per heavy atom. The van der Waals surface area contributed by atoms with E-state index < -0.39 is 0 Å². The molecule has 1 aliphatic rings. The fourth-order valence-corrected chi connectivity index (χ4v) is 3.07. The van der Waals surface area contributed by atoms with E-state index in [0.29, 0.717) is 24.5 Å². The van der Waals surface area contributed by atoms with Gasteiger partial charge in [-0.25, -0.2) is 4.98 Å². The van der Waals surface area contributed by atoms with E-state index in [9.17, 15) is 10.1 Å². The van der Waals surface area contributed by atoms with E-state index in [2.05, 4.69) is 21.7 Å². The molecule has 0 aliphatic heterocycles. The predicted molar refractivity (Wildman–Crippen MR) is 89.9 cm³/mol. The number of fused-ring (bicyclic) bond motifs is 1. The quantitative estimate of drug-likeness (QED) is 0.833. The van der Waals surface area contributed by atoms with E-state index in [1.54, 1.807) is 6.07 Å². The smallest absolute Gasteiger partial charge is 0.223 e. The molecule has 0 unspecified atom stereocenters. The largest absolute Gasteiger partial charge is 0.368 e. The second-order valence-corrected chi connectivity index (χ2v) is 5.88. The standard InChI is InChI=1S/C18H20N4O/c19-12-14-11-17(22-16-8-4-3-7-15(14)16)20-9-10-21-18(23)13-5-1-2-6-13/h3-4,7-8,11,13H,1-2,5-6,9-10H2,(H,20,22)(H,21,23). The lowest BCUT2D eigenvalue weighted by Crippen LogP contribution is -2.33. The van der Waals surface area contributed by atoms with Crippen LogP contribution in [0.2, 0.25) is 0 Å². The predicted octanol–water partition coefficient (Wildman–Crippen LogP) is 2.82. The van der Waals surface area contributed by atoms with Crippen molar-refractivity contribution in [1.82, 2.24) is 10.3 Å². The van der Waals surface area contributed by atoms with Crippen LogP contribution in [0.25, 0.3) is 10.9 Å². The van der Waals surface area contributed by atoms with E-state index in [4.69, 9.17) is 0 Å². The fraction of sp³-hybridized carbons (Fsp3) is 0.389. The maximum atomic E-state index is 11.9. The Morgan fingerprint density at radius 1 is 1.26 bits per heavy atom. The topological polar surface area (TPSA) is 77.8 Å². The van der Waals surface area contributed by atoms with Crippen molar-refractivity contribution in [3.05, 3.63) is 35.9 Å². The summed E-state index contributed by atoms with van der Waals surface area (Å²) >= 11 is 0. The minimum absolute atomic E-state index is 0.161. The third-order valence-corrected chi connectivity index (χ3v) is 4.29. The third kappa shape index (κ3) is 3.59. The Morgan fingerprint density at radius 2 is 2.04 bits per heavy atom. The maximum Gasteiger partial charge on any atom is 0.223 e. The van der Waals surface area contributed by atoms with Gasteiger partial charge in [-0.1, -0.05) is 31.0 Å². The molecule has 0 saturated heterocycles. The molecule has 1 aliphatic carbocycles. The number of hydrogen-bond donors (Lipinski definition) is 2. The van der Waals surface area contributed by atoms with Crippen LogP contribution in [0.15, 0.2) is 30.3 Å². The molecule has 5 heteroatoms. The number of anilines is 1. The highest BCUT2D eigenvalue weighted by Gasteiger charge is 2.21. The molecule has 0 bridgehead atoms. The van der Waals surface area contributed by atoms with Gasteiger partial charge in [-0.3, -0.25) is 4.79 Å². The molecular formula is C18H20N4O. The molecule has 23 heavy (non-hydrogen) atoms. The van der Waals surface area contributed by atoms with Gasteiger partial charge in [0.05, 0.1) is 17.1 Å². The van der Waals surface area contributed by atoms with Gasteiger partial charge in [0.15, 0.2) is 0 Å². The molecular weight excluding hydrogens is 288 g/mol. The molecule has 1 fully saturated rings. The molecule has 3 rings (SSSR count). The average molecular weight is 308 g/mol. The molecule has 1 saturated carbocycles. The molecule has 0 spiro atoms. The number of amides is 1. The number of hydrogen-bond acceptors (Lipinski definition) is 4. The van der Waals surface area contributed by atoms with Crippen LogP contribution in [-0.2, 0) is 4.79 Å². The van der Waals surface area contributed by atoms with Crippen LogP contribution in [0.4, 0.5) is 5.82 Å². The zero-order chi connectivity index (χ0) is 16.1. The highest BCUT2D eigenvalue weighted by molar-refractivity contribution is 5.86. The molecule has 2 N–H and O–H groups in total. The zero-order valence-electron chi connectivity index (χ0n) is 13.0. The molecule has 1 aromatic carbocycles. The summed E-state index contributed by atoms with van der Waals surface area (Å²) in [7, 11) is 0. The van der Waals surface area contributed by atoms with Crippen molar-refractivity contribution in [3.63, 3.8) is 0 Å². The molecule has 5 nitrogen and oxygen atoms in total. The van der Waals surface area contributed by atoms with E-state index in [1.807, 2.05) is 24.3 Å². The lowest BCUT2D eigenvalue weighted by Gasteiger charge is -2.11. The van der Waals surface area contributed by atoms with Crippen LogP contribution in [0.5, 0.6) is 0 Å². The summed E-state index contributed by atoms with van der Waals surface area (Å²) in [5.41, 5.74) is 1.40. The van der Waals surface area contributed by atoms with Crippen LogP contribution in [0.3, 0.4) is 0 Å². The zero-order valence-corrected chi connectivity index (χ0v) is 13.0. The number of nitriles is 1. The number of para-hydroxylation sites is 1. The van der Waals surface area contributed by atoms with Crippen molar-refractivity contribution in [2.45, 2.75) is 25.7 Å². The summed E-state index contributed by atoms with van der Waals surface area (Å²) in [4.78, 5) is 16.4. The van der Waals surface area contributed by atoms with Gasteiger partial charge in [-0.2, -0.15) is 5.26 Å². The number of pyridine rings is 1. The highest BCUT2D eigenvalue weighted by atomic mass is 16.1. The van der Waals surface area contributed by atoms with E-state index >= 15 is 0 Å². The van der Waals surface area contributed by atoms with Crippen molar-refractivity contribution < 1.29 is 4.79 Å². The monoisotopic (exact) mass is 308 g/mol. The van der Waals surface area contributed by atoms with E-state index in [0.717, 1.165) is 36.6 Å². The number of nitrogens with zero attached hydrogens (tertiary/aromatic N) is 2. The van der Waals surface area contributed by atoms with Gasteiger partial charge < -0.3 is 10.6 Å². The van der Waals surface area contributed by atoms with Gasteiger partial charge >= 0.3 is 0 Å². The second-order valence-electron chi connectivity index (χ2n) is 5.88. The first-order valence-electron chi connectivity index (χ1n) is 8.09. The number of benzene rings is 1. The lowest BCUT2D eigenvalue weighted by atomic mass is 10.1. The van der Waals surface area contributed by atoms with Crippen molar-refractivity contribution in [3.8, 4) is 6.07 Å². The molecule has 1 amide bonds. The maximum absolute atomic E-state index is 11.9. The second kappa shape index (κ2) is 7.10. The Labute approximate surface area is 135 Å². The van der Waals surface area contributed by atoms with Crippen molar-refractivity contribution in [2.75, 3.05) is 18.4 Å². The molecule has 1 heterocycles. The molecule has 0 radical (unpaired) electrons. The SMILES string of the molecule is N#Cc1cc(NCCNC(=O)C2CCCC2)nc2ccccc12. The minimum Gasteiger partial charge on any atom is -0.368 e. The van der Waals surface area contributed by atoms with Crippen LogP contribution >= 0.6 is 0 Å². The number of rotatable bonds is 5. The normalized spacial score (nSPS) is 14.6.